The lowest BCUT2D eigenvalue weighted by Crippen LogP contribution is -2.08. The van der Waals surface area contributed by atoms with Crippen LogP contribution in [0.1, 0.15) is 12.0 Å². The SMILES string of the molecule is N#Cc1cccnc1N[C@@H]1C[C@H]1CO. The van der Waals surface area contributed by atoms with Crippen molar-refractivity contribution in [3.8, 4) is 6.07 Å². The smallest absolute Gasteiger partial charge is 0.144 e. The third-order valence-electron chi connectivity index (χ3n) is 2.41. The van der Waals surface area contributed by atoms with Crippen molar-refractivity contribution in [3.63, 3.8) is 0 Å². The van der Waals surface area contributed by atoms with Crippen LogP contribution in [-0.4, -0.2) is 22.7 Å². The van der Waals surface area contributed by atoms with E-state index in [-0.39, 0.29) is 12.6 Å². The van der Waals surface area contributed by atoms with Gasteiger partial charge in [-0.15, -0.1) is 0 Å². The maximum atomic E-state index is 8.86. The lowest BCUT2D eigenvalue weighted by atomic mass is 10.3. The highest BCUT2D eigenvalue weighted by Crippen LogP contribution is 2.32. The summed E-state index contributed by atoms with van der Waals surface area (Å²) < 4.78 is 0. The summed E-state index contributed by atoms with van der Waals surface area (Å²) in [5.74, 6) is 0.944. The molecule has 2 rings (SSSR count). The zero-order valence-electron chi connectivity index (χ0n) is 7.64. The van der Waals surface area contributed by atoms with Gasteiger partial charge in [-0.05, 0) is 18.6 Å². The molecular weight excluding hydrogens is 178 g/mol. The molecule has 0 unspecified atom stereocenters. The molecule has 14 heavy (non-hydrogen) atoms. The predicted molar refractivity (Wildman–Crippen MR) is 51.6 cm³/mol. The maximum Gasteiger partial charge on any atom is 0.144 e. The quantitative estimate of drug-likeness (QED) is 0.736. The minimum Gasteiger partial charge on any atom is -0.396 e. The molecule has 0 radical (unpaired) electrons. The number of rotatable bonds is 3. The van der Waals surface area contributed by atoms with Gasteiger partial charge in [-0.25, -0.2) is 4.98 Å². The van der Waals surface area contributed by atoms with Crippen molar-refractivity contribution in [2.75, 3.05) is 11.9 Å². The molecule has 1 aliphatic rings. The van der Waals surface area contributed by atoms with Crippen molar-refractivity contribution in [2.45, 2.75) is 12.5 Å². The lowest BCUT2D eigenvalue weighted by Gasteiger charge is -2.04. The standard InChI is InChI=1S/C10H11N3O/c11-5-7-2-1-3-12-10(7)13-9-4-8(9)6-14/h1-3,8-9,14H,4,6H2,(H,12,13)/t8-,9+/m0/s1. The number of nitriles is 1. The predicted octanol–water partition coefficient (Wildman–Crippen LogP) is 0.746. The third kappa shape index (κ3) is 1.68. The average Bonchev–Trinajstić information content (AvgIpc) is 2.97. The molecule has 72 valence electrons. The first-order valence-corrected chi connectivity index (χ1v) is 4.57. The summed E-state index contributed by atoms with van der Waals surface area (Å²) in [5, 5.41) is 20.8. The Labute approximate surface area is 82.2 Å². The Morgan fingerprint density at radius 3 is 3.21 bits per heavy atom. The first-order chi connectivity index (χ1) is 6.85. The van der Waals surface area contributed by atoms with E-state index in [4.69, 9.17) is 10.4 Å². The summed E-state index contributed by atoms with van der Waals surface area (Å²) in [6.45, 7) is 0.201. The fourth-order valence-electron chi connectivity index (χ4n) is 1.41. The van der Waals surface area contributed by atoms with E-state index in [0.717, 1.165) is 6.42 Å². The van der Waals surface area contributed by atoms with Crippen LogP contribution >= 0.6 is 0 Å². The highest BCUT2D eigenvalue weighted by molar-refractivity contribution is 5.52. The molecule has 1 heterocycles. The second-order valence-electron chi connectivity index (χ2n) is 3.44. The largest absolute Gasteiger partial charge is 0.396 e. The van der Waals surface area contributed by atoms with Crippen LogP contribution in [0.5, 0.6) is 0 Å². The molecule has 0 aliphatic heterocycles. The number of hydrogen-bond donors (Lipinski definition) is 2. The number of aliphatic hydroxyl groups is 1. The molecule has 1 fully saturated rings. The zero-order chi connectivity index (χ0) is 9.97. The van der Waals surface area contributed by atoms with Gasteiger partial charge in [-0.3, -0.25) is 0 Å². The van der Waals surface area contributed by atoms with E-state index in [9.17, 15) is 0 Å². The van der Waals surface area contributed by atoms with E-state index >= 15 is 0 Å². The molecule has 1 aromatic rings. The van der Waals surface area contributed by atoms with E-state index in [1.165, 1.54) is 0 Å². The second-order valence-corrected chi connectivity index (χ2v) is 3.44. The molecule has 1 saturated carbocycles. The monoisotopic (exact) mass is 189 g/mol. The van der Waals surface area contributed by atoms with E-state index in [2.05, 4.69) is 16.4 Å². The van der Waals surface area contributed by atoms with Gasteiger partial charge in [0.1, 0.15) is 11.9 Å². The van der Waals surface area contributed by atoms with Gasteiger partial charge in [0.2, 0.25) is 0 Å². The van der Waals surface area contributed by atoms with E-state index in [0.29, 0.717) is 17.3 Å². The van der Waals surface area contributed by atoms with Crippen LogP contribution in [-0.2, 0) is 0 Å². The Morgan fingerprint density at radius 2 is 2.57 bits per heavy atom. The van der Waals surface area contributed by atoms with Gasteiger partial charge >= 0.3 is 0 Å². The summed E-state index contributed by atoms with van der Waals surface area (Å²) in [5.41, 5.74) is 0.552. The molecule has 2 atom stereocenters. The molecule has 0 saturated heterocycles. The van der Waals surface area contributed by atoms with Gasteiger partial charge in [0, 0.05) is 24.8 Å². The van der Waals surface area contributed by atoms with Crippen LogP contribution in [0.4, 0.5) is 5.82 Å². The summed E-state index contributed by atoms with van der Waals surface area (Å²) >= 11 is 0. The Hall–Kier alpha value is -1.60. The number of nitrogens with zero attached hydrogens (tertiary/aromatic N) is 2. The molecule has 0 amide bonds. The number of aromatic nitrogens is 1. The van der Waals surface area contributed by atoms with E-state index < -0.39 is 0 Å². The summed E-state index contributed by atoms with van der Waals surface area (Å²) in [6.07, 6.45) is 2.61. The Bertz CT molecular complexity index is 372. The minimum atomic E-state index is 0.201. The molecule has 1 aromatic heterocycles. The zero-order valence-corrected chi connectivity index (χ0v) is 7.64. The molecule has 0 aromatic carbocycles. The molecule has 2 N–H and O–H groups in total. The van der Waals surface area contributed by atoms with Crippen molar-refractivity contribution in [2.24, 2.45) is 5.92 Å². The molecular formula is C10H11N3O. The first kappa shape index (κ1) is 8.97. The Kier molecular flexibility index (Phi) is 2.33. The number of hydrogen-bond acceptors (Lipinski definition) is 4. The Morgan fingerprint density at radius 1 is 1.71 bits per heavy atom. The first-order valence-electron chi connectivity index (χ1n) is 4.57. The number of pyridine rings is 1. The fourth-order valence-corrected chi connectivity index (χ4v) is 1.41. The van der Waals surface area contributed by atoms with E-state index in [1.54, 1.807) is 18.3 Å². The molecule has 1 aliphatic carbocycles. The molecule has 0 bridgehead atoms. The molecule has 4 nitrogen and oxygen atoms in total. The van der Waals surface area contributed by atoms with Gasteiger partial charge < -0.3 is 10.4 Å². The topological polar surface area (TPSA) is 68.9 Å². The van der Waals surface area contributed by atoms with E-state index in [1.807, 2.05) is 0 Å². The van der Waals surface area contributed by atoms with Crippen molar-refractivity contribution >= 4 is 5.82 Å². The van der Waals surface area contributed by atoms with Crippen molar-refractivity contribution in [3.05, 3.63) is 23.9 Å². The summed E-state index contributed by atoms with van der Waals surface area (Å²) in [4.78, 5) is 4.08. The summed E-state index contributed by atoms with van der Waals surface area (Å²) in [7, 11) is 0. The molecule has 4 heteroatoms. The maximum absolute atomic E-state index is 8.86. The van der Waals surface area contributed by atoms with Gasteiger partial charge in [-0.2, -0.15) is 5.26 Å². The minimum absolute atomic E-state index is 0.201. The van der Waals surface area contributed by atoms with Crippen molar-refractivity contribution in [1.82, 2.24) is 4.98 Å². The van der Waals surface area contributed by atoms with Crippen LogP contribution in [0.2, 0.25) is 0 Å². The third-order valence-corrected chi connectivity index (χ3v) is 2.41. The number of anilines is 1. The number of nitrogens with one attached hydrogen (secondary N) is 1. The van der Waals surface area contributed by atoms with Crippen LogP contribution in [0, 0.1) is 17.2 Å². The second kappa shape index (κ2) is 3.64. The highest BCUT2D eigenvalue weighted by Gasteiger charge is 2.36. The van der Waals surface area contributed by atoms with Crippen LogP contribution < -0.4 is 5.32 Å². The average molecular weight is 189 g/mol. The van der Waals surface area contributed by atoms with Gasteiger partial charge in [-0.1, -0.05) is 0 Å². The van der Waals surface area contributed by atoms with Gasteiger partial charge in [0.05, 0.1) is 5.56 Å². The van der Waals surface area contributed by atoms with Crippen LogP contribution in [0.15, 0.2) is 18.3 Å². The fraction of sp³-hybridized carbons (Fsp3) is 0.400. The molecule has 0 spiro atoms. The van der Waals surface area contributed by atoms with Gasteiger partial charge in [0.15, 0.2) is 0 Å². The summed E-state index contributed by atoms with van der Waals surface area (Å²) in [6, 6.07) is 5.82. The van der Waals surface area contributed by atoms with Crippen molar-refractivity contribution < 1.29 is 5.11 Å². The highest BCUT2D eigenvalue weighted by atomic mass is 16.3. The van der Waals surface area contributed by atoms with Crippen LogP contribution in [0.3, 0.4) is 0 Å². The van der Waals surface area contributed by atoms with Crippen molar-refractivity contribution in [1.29, 1.82) is 5.26 Å². The van der Waals surface area contributed by atoms with Crippen LogP contribution in [0.25, 0.3) is 0 Å². The van der Waals surface area contributed by atoms with Gasteiger partial charge in [0.25, 0.3) is 0 Å². The Balaban J connectivity index is 2.07. The normalized spacial score (nSPS) is 24.0. The number of aliphatic hydroxyl groups excluding tert-OH is 1. The lowest BCUT2D eigenvalue weighted by molar-refractivity contribution is 0.275.